The van der Waals surface area contributed by atoms with Crippen LogP contribution in [0.3, 0.4) is 0 Å². The van der Waals surface area contributed by atoms with Crippen molar-refractivity contribution in [3.8, 4) is 0 Å². The predicted octanol–water partition coefficient (Wildman–Crippen LogP) is 6.40. The summed E-state index contributed by atoms with van der Waals surface area (Å²) in [5, 5.41) is 32.5. The number of carbonyl (C=O) groups is 3. The van der Waals surface area contributed by atoms with Gasteiger partial charge in [0.25, 0.3) is 0 Å². The van der Waals surface area contributed by atoms with E-state index in [1.165, 1.54) is 6.08 Å². The molecule has 2 spiro atoms. The molecule has 0 radical (unpaired) electrons. The smallest absolute Gasteiger partial charge is 0.309 e. The molecule has 4 saturated heterocycles. The number of aliphatic hydroxyl groups is 2. The second-order valence-corrected chi connectivity index (χ2v) is 17.8. The molecule has 53 heavy (non-hydrogen) atoms. The fraction of sp³-hybridized carbons (Fsp3) is 0.881. The van der Waals surface area contributed by atoms with Crippen molar-refractivity contribution in [2.45, 2.75) is 193 Å². The molecule has 3 N–H and O–H groups in total. The molecule has 0 saturated carbocycles. The fourth-order valence-corrected chi connectivity index (χ4v) is 10.4. The van der Waals surface area contributed by atoms with Gasteiger partial charge in [-0.1, -0.05) is 55.4 Å². The first-order valence-electron chi connectivity index (χ1n) is 20.6. The molecule has 5 heterocycles. The highest BCUT2D eigenvalue weighted by Crippen LogP contribution is 2.53. The number of hydrogen-bond acceptors (Lipinski definition) is 10. The molecule has 4 fully saturated rings. The molecule has 11 heteroatoms. The highest BCUT2D eigenvalue weighted by atomic mass is 16.8. The van der Waals surface area contributed by atoms with Gasteiger partial charge in [-0.3, -0.25) is 14.4 Å². The summed E-state index contributed by atoms with van der Waals surface area (Å²) in [5.74, 6) is -6.46. The Morgan fingerprint density at radius 1 is 0.906 bits per heavy atom. The van der Waals surface area contributed by atoms with E-state index in [9.17, 15) is 29.7 Å². The largest absolute Gasteiger partial charge is 0.481 e. The maximum atomic E-state index is 14.4. The van der Waals surface area contributed by atoms with Crippen LogP contribution in [0.15, 0.2) is 12.2 Å². The average Bonchev–Trinajstić information content (AvgIpc) is 3.47. The molecule has 11 nitrogen and oxygen atoms in total. The highest BCUT2D eigenvalue weighted by molar-refractivity contribution is 5.97. The summed E-state index contributed by atoms with van der Waals surface area (Å²) in [5.41, 5.74) is -1.71. The molecule has 0 aromatic heterocycles. The van der Waals surface area contributed by atoms with Gasteiger partial charge in [0, 0.05) is 30.1 Å². The summed E-state index contributed by atoms with van der Waals surface area (Å²) in [6.45, 7) is 19.4. The number of aliphatic hydroxyl groups excluding tert-OH is 1. The van der Waals surface area contributed by atoms with Crippen LogP contribution in [0.2, 0.25) is 0 Å². The zero-order chi connectivity index (χ0) is 39.3. The van der Waals surface area contributed by atoms with E-state index >= 15 is 0 Å². The Kier molecular flexibility index (Phi) is 12.8. The molecule has 0 bridgehead atoms. The third-order valence-electron chi connectivity index (χ3n) is 14.3. The lowest BCUT2D eigenvalue weighted by Crippen LogP contribution is -2.62. The SMILES string of the molecule is CCC(C(=O)[C@@H](C)[C@@H](O)[C@H](C)[C@@H]1O[C@@H](C(CC)C(=O)O)CC[C@@H]1C)[C@H]1O[C@]2(C=CC(=O)[C@]3(CC[C@@](C)([C@H]4CCC(O)(CC)[C@H](C)O4)O3)O2)[C@H](C)C[C@@H]1C. The third kappa shape index (κ3) is 7.83. The van der Waals surface area contributed by atoms with Crippen LogP contribution in [0.1, 0.15) is 133 Å². The number of ether oxygens (including phenoxy) is 5. The molecule has 302 valence electrons. The lowest BCUT2D eigenvalue weighted by Gasteiger charge is -2.53. The van der Waals surface area contributed by atoms with Gasteiger partial charge in [0.05, 0.1) is 53.7 Å². The standard InChI is InChI=1S/C42H68O11/c1-11-29(38(46)47)31-15-14-23(4)36(50-31)27(8)34(44)26(7)35(45)30(12-2)37-24(5)22-25(6)41(51-37)19-16-32(43)42(53-41)21-20-39(10,52-42)33-17-18-40(48,13-3)28(9)49-33/h16,19,23-31,33-34,36-37,44,48H,11-15,17-18,20-22H2,1-10H3,(H,46,47)/t23-,24-,25+,26-,27-,28-,29?,30?,31+,33+,34+,36+,37-,39-,40?,41-,42-/m0/s1. The molecule has 17 atom stereocenters. The van der Waals surface area contributed by atoms with Gasteiger partial charge in [-0.05, 0) is 95.6 Å². The first-order chi connectivity index (χ1) is 24.8. The average molecular weight is 749 g/mol. The van der Waals surface area contributed by atoms with E-state index in [2.05, 4.69) is 13.8 Å². The first kappa shape index (κ1) is 42.4. The quantitative estimate of drug-likeness (QED) is 0.203. The number of carboxylic acids is 1. The van der Waals surface area contributed by atoms with E-state index in [1.807, 2.05) is 48.5 Å². The molecule has 5 aliphatic heterocycles. The zero-order valence-electron chi connectivity index (χ0n) is 33.8. The molecule has 0 aromatic carbocycles. The Hall–Kier alpha value is -1.73. The number of ketones is 2. The number of carboxylic acid groups (broad SMARTS) is 1. The highest BCUT2D eigenvalue weighted by Gasteiger charge is 2.63. The topological polar surface area (TPSA) is 158 Å². The van der Waals surface area contributed by atoms with Gasteiger partial charge in [0.1, 0.15) is 5.78 Å². The van der Waals surface area contributed by atoms with Gasteiger partial charge in [-0.15, -0.1) is 0 Å². The molecule has 3 unspecified atom stereocenters. The van der Waals surface area contributed by atoms with Crippen LogP contribution in [0.5, 0.6) is 0 Å². The fourth-order valence-electron chi connectivity index (χ4n) is 10.4. The van der Waals surface area contributed by atoms with Crippen molar-refractivity contribution >= 4 is 17.5 Å². The van der Waals surface area contributed by atoms with Crippen molar-refractivity contribution < 1.29 is 53.4 Å². The monoisotopic (exact) mass is 748 g/mol. The zero-order valence-corrected chi connectivity index (χ0v) is 33.8. The van der Waals surface area contributed by atoms with E-state index in [0.29, 0.717) is 57.8 Å². The summed E-state index contributed by atoms with van der Waals surface area (Å²) in [4.78, 5) is 40.0. The van der Waals surface area contributed by atoms with Crippen molar-refractivity contribution in [1.29, 1.82) is 0 Å². The minimum absolute atomic E-state index is 0.00877. The number of aliphatic carboxylic acids is 1. The van der Waals surface area contributed by atoms with Crippen LogP contribution in [0, 0.1) is 41.4 Å². The van der Waals surface area contributed by atoms with Gasteiger partial charge in [0.2, 0.25) is 11.6 Å². The maximum Gasteiger partial charge on any atom is 0.309 e. The lowest BCUT2D eigenvalue weighted by molar-refractivity contribution is -0.378. The molecular formula is C42H68O11. The minimum atomic E-state index is -1.56. The molecule has 0 aliphatic carbocycles. The van der Waals surface area contributed by atoms with E-state index in [1.54, 1.807) is 13.0 Å². The normalized spacial score (nSPS) is 44.8. The van der Waals surface area contributed by atoms with Crippen molar-refractivity contribution in [3.05, 3.63) is 12.2 Å². The lowest BCUT2D eigenvalue weighted by atomic mass is 9.72. The van der Waals surface area contributed by atoms with Crippen LogP contribution in [-0.2, 0) is 38.1 Å². The Morgan fingerprint density at radius 3 is 2.19 bits per heavy atom. The van der Waals surface area contributed by atoms with Crippen LogP contribution >= 0.6 is 0 Å². The number of Topliss-reactive ketones (excluding diaryl/α,β-unsaturated/α-hetero) is 1. The number of hydrogen-bond donors (Lipinski definition) is 3. The predicted molar refractivity (Wildman–Crippen MR) is 198 cm³/mol. The van der Waals surface area contributed by atoms with Crippen LogP contribution in [0.25, 0.3) is 0 Å². The van der Waals surface area contributed by atoms with Crippen molar-refractivity contribution in [2.75, 3.05) is 0 Å². The summed E-state index contributed by atoms with van der Waals surface area (Å²) in [6.07, 6.45) is 5.84. The van der Waals surface area contributed by atoms with Gasteiger partial charge in [-0.2, -0.15) is 0 Å². The van der Waals surface area contributed by atoms with Crippen molar-refractivity contribution in [2.24, 2.45) is 41.4 Å². The van der Waals surface area contributed by atoms with Crippen LogP contribution in [0.4, 0.5) is 0 Å². The summed E-state index contributed by atoms with van der Waals surface area (Å²) in [7, 11) is 0. The Bertz CT molecular complexity index is 1370. The summed E-state index contributed by atoms with van der Waals surface area (Å²) >= 11 is 0. The maximum absolute atomic E-state index is 14.4. The molecule has 0 aromatic rings. The van der Waals surface area contributed by atoms with Crippen molar-refractivity contribution in [1.82, 2.24) is 0 Å². The second kappa shape index (κ2) is 16.0. The molecule has 0 amide bonds. The van der Waals surface area contributed by atoms with Gasteiger partial charge < -0.3 is 39.0 Å². The summed E-state index contributed by atoms with van der Waals surface area (Å²) in [6, 6.07) is 0. The van der Waals surface area contributed by atoms with Crippen LogP contribution < -0.4 is 0 Å². The molecule has 5 aliphatic rings. The number of carbonyl (C=O) groups excluding carboxylic acids is 2. The summed E-state index contributed by atoms with van der Waals surface area (Å²) < 4.78 is 33.2. The van der Waals surface area contributed by atoms with E-state index in [0.717, 1.165) is 6.42 Å². The van der Waals surface area contributed by atoms with E-state index in [4.69, 9.17) is 23.7 Å². The second-order valence-electron chi connectivity index (χ2n) is 17.8. The number of rotatable bonds is 12. The molecule has 5 rings (SSSR count). The minimum Gasteiger partial charge on any atom is -0.481 e. The van der Waals surface area contributed by atoms with Crippen molar-refractivity contribution in [3.63, 3.8) is 0 Å². The van der Waals surface area contributed by atoms with E-state index < -0.39 is 70.7 Å². The van der Waals surface area contributed by atoms with E-state index in [-0.39, 0.29) is 47.6 Å². The van der Waals surface area contributed by atoms with Gasteiger partial charge in [0.15, 0.2) is 5.79 Å². The first-order valence-corrected chi connectivity index (χ1v) is 20.6. The Labute approximate surface area is 316 Å². The van der Waals surface area contributed by atoms with Gasteiger partial charge in [-0.25, -0.2) is 0 Å². The van der Waals surface area contributed by atoms with Crippen LogP contribution in [-0.4, -0.2) is 92.3 Å². The van der Waals surface area contributed by atoms with Gasteiger partial charge >= 0.3 is 5.97 Å². The Morgan fingerprint density at radius 2 is 1.58 bits per heavy atom. The Balaban J connectivity index is 1.31. The molecular weight excluding hydrogens is 680 g/mol. The third-order valence-corrected chi connectivity index (χ3v) is 14.3.